The van der Waals surface area contributed by atoms with Crippen molar-refractivity contribution in [3.05, 3.63) is 35.4 Å². The summed E-state index contributed by atoms with van der Waals surface area (Å²) in [6.45, 7) is 2.04. The smallest absolute Gasteiger partial charge is 0.244 e. The van der Waals surface area contributed by atoms with Crippen LogP contribution < -0.4 is 11.3 Å². The fraction of sp³-hybridized carbons (Fsp3) is 0.417. The van der Waals surface area contributed by atoms with Crippen molar-refractivity contribution in [2.45, 2.75) is 31.6 Å². The number of carbonyl (C=O) groups is 1. The van der Waals surface area contributed by atoms with E-state index in [1.165, 1.54) is 5.56 Å². The van der Waals surface area contributed by atoms with Gasteiger partial charge in [0.1, 0.15) is 0 Å². The Morgan fingerprint density at radius 3 is 2.67 bits per heavy atom. The molecule has 1 aromatic rings. The zero-order valence-corrected chi connectivity index (χ0v) is 8.92. The lowest BCUT2D eigenvalue weighted by atomic mass is 9.63. The van der Waals surface area contributed by atoms with Crippen LogP contribution in [0.3, 0.4) is 0 Å². The molecular formula is C12H16N2O. The number of nitrogens with one attached hydrogen (secondary N) is 1. The van der Waals surface area contributed by atoms with Gasteiger partial charge in [0, 0.05) is 0 Å². The first kappa shape index (κ1) is 10.2. The molecule has 3 N–H and O–H groups in total. The second-order valence-electron chi connectivity index (χ2n) is 4.28. The van der Waals surface area contributed by atoms with Gasteiger partial charge in [0.05, 0.1) is 5.41 Å². The normalized spacial score (nSPS) is 18.0. The Balaban J connectivity index is 2.38. The van der Waals surface area contributed by atoms with Crippen molar-refractivity contribution in [2.75, 3.05) is 0 Å². The van der Waals surface area contributed by atoms with Gasteiger partial charge in [-0.1, -0.05) is 36.2 Å². The summed E-state index contributed by atoms with van der Waals surface area (Å²) in [5.41, 5.74) is 4.20. The average molecular weight is 204 g/mol. The number of nitrogens with two attached hydrogens (primary N) is 1. The molecule has 15 heavy (non-hydrogen) atoms. The molecule has 1 aliphatic rings. The van der Waals surface area contributed by atoms with E-state index in [0.29, 0.717) is 0 Å². The van der Waals surface area contributed by atoms with Crippen LogP contribution in [0.25, 0.3) is 0 Å². The maximum absolute atomic E-state index is 11.8. The third-order valence-corrected chi connectivity index (χ3v) is 3.34. The zero-order valence-electron chi connectivity index (χ0n) is 8.92. The SMILES string of the molecule is Cc1cccc(C2(C(=O)NN)CCC2)c1. The molecule has 0 spiro atoms. The predicted octanol–water partition coefficient (Wildman–Crippen LogP) is 1.41. The Kier molecular flexibility index (Phi) is 2.49. The molecule has 0 aromatic heterocycles. The number of hydrogen-bond acceptors (Lipinski definition) is 2. The monoisotopic (exact) mass is 204 g/mol. The summed E-state index contributed by atoms with van der Waals surface area (Å²) in [4.78, 5) is 11.8. The Labute approximate surface area is 89.6 Å². The van der Waals surface area contributed by atoms with E-state index in [1.807, 2.05) is 25.1 Å². The van der Waals surface area contributed by atoms with Crippen molar-refractivity contribution >= 4 is 5.91 Å². The summed E-state index contributed by atoms with van der Waals surface area (Å²) in [6, 6.07) is 8.13. The zero-order chi connectivity index (χ0) is 10.9. The standard InChI is InChI=1S/C12H16N2O/c1-9-4-2-5-10(8-9)12(6-3-7-12)11(15)14-13/h2,4-5,8H,3,6-7,13H2,1H3,(H,14,15). The second kappa shape index (κ2) is 3.66. The van der Waals surface area contributed by atoms with Crippen LogP contribution >= 0.6 is 0 Å². The van der Waals surface area contributed by atoms with E-state index >= 15 is 0 Å². The van der Waals surface area contributed by atoms with Gasteiger partial charge in [-0.2, -0.15) is 0 Å². The van der Waals surface area contributed by atoms with E-state index in [9.17, 15) is 4.79 Å². The van der Waals surface area contributed by atoms with Crippen LogP contribution in [0.4, 0.5) is 0 Å². The molecule has 0 aliphatic heterocycles. The number of hydrogen-bond donors (Lipinski definition) is 2. The number of carbonyl (C=O) groups excluding carboxylic acids is 1. The van der Waals surface area contributed by atoms with E-state index in [2.05, 4.69) is 11.5 Å². The van der Waals surface area contributed by atoms with Gasteiger partial charge in [0.15, 0.2) is 0 Å². The molecule has 2 rings (SSSR count). The molecule has 1 amide bonds. The molecule has 0 saturated heterocycles. The van der Waals surface area contributed by atoms with Crippen LogP contribution in [0.5, 0.6) is 0 Å². The minimum atomic E-state index is -0.360. The summed E-state index contributed by atoms with van der Waals surface area (Å²) in [7, 11) is 0. The minimum Gasteiger partial charge on any atom is -0.293 e. The molecule has 0 unspecified atom stereocenters. The third-order valence-electron chi connectivity index (χ3n) is 3.34. The summed E-state index contributed by atoms with van der Waals surface area (Å²) >= 11 is 0. The number of amides is 1. The van der Waals surface area contributed by atoms with Gasteiger partial charge in [-0.3, -0.25) is 10.2 Å². The van der Waals surface area contributed by atoms with Crippen molar-refractivity contribution in [3.8, 4) is 0 Å². The highest BCUT2D eigenvalue weighted by molar-refractivity contribution is 5.88. The molecule has 80 valence electrons. The second-order valence-corrected chi connectivity index (χ2v) is 4.28. The molecule has 1 aliphatic carbocycles. The number of hydrazine groups is 1. The van der Waals surface area contributed by atoms with Gasteiger partial charge in [-0.15, -0.1) is 0 Å². The molecule has 1 saturated carbocycles. The molecule has 0 atom stereocenters. The van der Waals surface area contributed by atoms with Crippen molar-refractivity contribution in [1.29, 1.82) is 0 Å². The molecular weight excluding hydrogens is 188 g/mol. The Morgan fingerprint density at radius 1 is 1.47 bits per heavy atom. The average Bonchev–Trinajstić information content (AvgIpc) is 2.16. The lowest BCUT2D eigenvalue weighted by molar-refractivity contribution is -0.130. The number of rotatable bonds is 2. The van der Waals surface area contributed by atoms with Gasteiger partial charge in [0.2, 0.25) is 5.91 Å². The maximum atomic E-state index is 11.8. The van der Waals surface area contributed by atoms with E-state index in [1.54, 1.807) is 0 Å². The molecule has 0 radical (unpaired) electrons. The first-order valence-electron chi connectivity index (χ1n) is 5.27. The highest BCUT2D eigenvalue weighted by Gasteiger charge is 2.45. The first-order chi connectivity index (χ1) is 7.19. The van der Waals surface area contributed by atoms with Gasteiger partial charge in [-0.25, -0.2) is 5.84 Å². The summed E-state index contributed by atoms with van der Waals surface area (Å²) in [5, 5.41) is 0. The molecule has 0 heterocycles. The van der Waals surface area contributed by atoms with Gasteiger partial charge >= 0.3 is 0 Å². The summed E-state index contributed by atoms with van der Waals surface area (Å²) in [5.74, 6) is 5.19. The molecule has 3 heteroatoms. The first-order valence-corrected chi connectivity index (χ1v) is 5.27. The highest BCUT2D eigenvalue weighted by Crippen LogP contribution is 2.43. The van der Waals surface area contributed by atoms with Crippen LogP contribution in [0, 0.1) is 6.92 Å². The van der Waals surface area contributed by atoms with E-state index in [-0.39, 0.29) is 11.3 Å². The summed E-state index contributed by atoms with van der Waals surface area (Å²) < 4.78 is 0. The number of benzene rings is 1. The quantitative estimate of drug-likeness (QED) is 0.435. The van der Waals surface area contributed by atoms with Crippen LogP contribution in [-0.2, 0) is 10.2 Å². The summed E-state index contributed by atoms with van der Waals surface area (Å²) in [6.07, 6.45) is 2.90. The van der Waals surface area contributed by atoms with E-state index in [4.69, 9.17) is 5.84 Å². The maximum Gasteiger partial charge on any atom is 0.244 e. The van der Waals surface area contributed by atoms with Crippen molar-refractivity contribution in [1.82, 2.24) is 5.43 Å². The van der Waals surface area contributed by atoms with E-state index in [0.717, 1.165) is 24.8 Å². The molecule has 0 bridgehead atoms. The van der Waals surface area contributed by atoms with Crippen LogP contribution in [-0.4, -0.2) is 5.91 Å². The Bertz CT molecular complexity index is 383. The molecule has 1 fully saturated rings. The Morgan fingerprint density at radius 2 is 2.20 bits per heavy atom. The van der Waals surface area contributed by atoms with E-state index < -0.39 is 0 Å². The van der Waals surface area contributed by atoms with Gasteiger partial charge in [-0.05, 0) is 25.3 Å². The third kappa shape index (κ3) is 1.53. The van der Waals surface area contributed by atoms with Gasteiger partial charge < -0.3 is 0 Å². The van der Waals surface area contributed by atoms with Crippen molar-refractivity contribution in [2.24, 2.45) is 5.84 Å². The molecule has 3 nitrogen and oxygen atoms in total. The van der Waals surface area contributed by atoms with Crippen LogP contribution in [0.15, 0.2) is 24.3 Å². The Hall–Kier alpha value is -1.35. The van der Waals surface area contributed by atoms with Crippen molar-refractivity contribution < 1.29 is 4.79 Å². The van der Waals surface area contributed by atoms with Crippen LogP contribution in [0.1, 0.15) is 30.4 Å². The fourth-order valence-corrected chi connectivity index (χ4v) is 2.26. The van der Waals surface area contributed by atoms with Gasteiger partial charge in [0.25, 0.3) is 0 Å². The lowest BCUT2D eigenvalue weighted by Crippen LogP contribution is -2.51. The van der Waals surface area contributed by atoms with Crippen LogP contribution in [0.2, 0.25) is 0 Å². The fourth-order valence-electron chi connectivity index (χ4n) is 2.26. The number of aryl methyl sites for hydroxylation is 1. The topological polar surface area (TPSA) is 55.1 Å². The molecule has 1 aromatic carbocycles. The minimum absolute atomic E-state index is 0.0562. The highest BCUT2D eigenvalue weighted by atomic mass is 16.2. The van der Waals surface area contributed by atoms with Crippen molar-refractivity contribution in [3.63, 3.8) is 0 Å². The lowest BCUT2D eigenvalue weighted by Gasteiger charge is -2.40. The predicted molar refractivity (Wildman–Crippen MR) is 59.0 cm³/mol. The largest absolute Gasteiger partial charge is 0.293 e.